The van der Waals surface area contributed by atoms with Gasteiger partial charge in [-0.15, -0.1) is 0 Å². The van der Waals surface area contributed by atoms with E-state index in [0.29, 0.717) is 12.6 Å². The van der Waals surface area contributed by atoms with Crippen molar-refractivity contribution in [1.82, 2.24) is 4.90 Å². The van der Waals surface area contributed by atoms with Gasteiger partial charge in [0.25, 0.3) is 0 Å². The molecule has 2 N–H and O–H groups in total. The van der Waals surface area contributed by atoms with Crippen LogP contribution in [0.3, 0.4) is 0 Å². The standard InChI is InChI=1S/C13H18F4N2S/c1-19(3-4-20-2)12(8-18)9-5-10(13(15,16)17)7-11(14)6-9/h5-7,12H,3-4,8,18H2,1-2H3. The van der Waals surface area contributed by atoms with Gasteiger partial charge in [0.2, 0.25) is 0 Å². The van der Waals surface area contributed by atoms with Gasteiger partial charge in [-0.1, -0.05) is 0 Å². The van der Waals surface area contributed by atoms with Crippen LogP contribution >= 0.6 is 11.8 Å². The summed E-state index contributed by atoms with van der Waals surface area (Å²) < 4.78 is 51.5. The Morgan fingerprint density at radius 1 is 1.30 bits per heavy atom. The molecule has 0 spiro atoms. The minimum Gasteiger partial charge on any atom is -0.329 e. The molecular formula is C13H18F4N2S. The molecule has 0 saturated carbocycles. The van der Waals surface area contributed by atoms with E-state index in [2.05, 4.69) is 0 Å². The van der Waals surface area contributed by atoms with Crippen molar-refractivity contribution in [3.05, 3.63) is 35.1 Å². The van der Waals surface area contributed by atoms with Crippen LogP contribution in [0.25, 0.3) is 0 Å². The number of thioether (sulfide) groups is 1. The van der Waals surface area contributed by atoms with Crippen LogP contribution in [0.4, 0.5) is 17.6 Å². The first-order valence-corrected chi connectivity index (χ1v) is 7.46. The quantitative estimate of drug-likeness (QED) is 0.819. The molecule has 2 nitrogen and oxygen atoms in total. The summed E-state index contributed by atoms with van der Waals surface area (Å²) >= 11 is 1.63. The Morgan fingerprint density at radius 2 is 1.95 bits per heavy atom. The van der Waals surface area contributed by atoms with E-state index in [1.54, 1.807) is 18.8 Å². The van der Waals surface area contributed by atoms with Gasteiger partial charge in [0.1, 0.15) is 5.82 Å². The Bertz CT molecular complexity index is 437. The maximum Gasteiger partial charge on any atom is 0.416 e. The van der Waals surface area contributed by atoms with Crippen molar-refractivity contribution in [2.24, 2.45) is 5.73 Å². The van der Waals surface area contributed by atoms with Gasteiger partial charge in [0, 0.05) is 24.9 Å². The van der Waals surface area contributed by atoms with Crippen LogP contribution in [0.5, 0.6) is 0 Å². The highest BCUT2D eigenvalue weighted by Crippen LogP contribution is 2.32. The molecule has 0 heterocycles. The lowest BCUT2D eigenvalue weighted by atomic mass is 10.0. The van der Waals surface area contributed by atoms with Crippen molar-refractivity contribution in [3.63, 3.8) is 0 Å². The van der Waals surface area contributed by atoms with Crippen LogP contribution in [0.15, 0.2) is 18.2 Å². The fourth-order valence-electron chi connectivity index (χ4n) is 1.93. The minimum atomic E-state index is -4.56. The van der Waals surface area contributed by atoms with Gasteiger partial charge in [0.15, 0.2) is 0 Å². The largest absolute Gasteiger partial charge is 0.416 e. The molecule has 1 atom stereocenters. The summed E-state index contributed by atoms with van der Waals surface area (Å²) in [5.41, 5.74) is 4.91. The normalized spacial score (nSPS) is 13.8. The lowest BCUT2D eigenvalue weighted by molar-refractivity contribution is -0.137. The van der Waals surface area contributed by atoms with Crippen molar-refractivity contribution in [2.75, 3.05) is 32.1 Å². The van der Waals surface area contributed by atoms with Crippen LogP contribution in [-0.4, -0.2) is 37.0 Å². The molecular weight excluding hydrogens is 292 g/mol. The molecule has 1 aromatic carbocycles. The summed E-state index contributed by atoms with van der Waals surface area (Å²) in [4.78, 5) is 1.84. The molecule has 114 valence electrons. The predicted octanol–water partition coefficient (Wildman–Crippen LogP) is 3.14. The summed E-state index contributed by atoms with van der Waals surface area (Å²) in [7, 11) is 1.77. The molecule has 0 aromatic heterocycles. The molecule has 0 amide bonds. The highest BCUT2D eigenvalue weighted by atomic mass is 32.2. The van der Waals surface area contributed by atoms with Gasteiger partial charge in [0.05, 0.1) is 5.56 Å². The Morgan fingerprint density at radius 3 is 2.45 bits per heavy atom. The van der Waals surface area contributed by atoms with Crippen molar-refractivity contribution >= 4 is 11.8 Å². The zero-order valence-electron chi connectivity index (χ0n) is 11.4. The third-order valence-corrected chi connectivity index (χ3v) is 3.63. The van der Waals surface area contributed by atoms with E-state index in [1.807, 2.05) is 11.2 Å². The maximum absolute atomic E-state index is 13.4. The summed E-state index contributed by atoms with van der Waals surface area (Å²) in [6, 6.07) is 2.15. The zero-order chi connectivity index (χ0) is 15.3. The molecule has 1 unspecified atom stereocenters. The second kappa shape index (κ2) is 7.28. The van der Waals surface area contributed by atoms with Crippen molar-refractivity contribution < 1.29 is 17.6 Å². The van der Waals surface area contributed by atoms with Crippen molar-refractivity contribution in [3.8, 4) is 0 Å². The number of alkyl halides is 3. The van der Waals surface area contributed by atoms with Gasteiger partial charge < -0.3 is 5.73 Å². The van der Waals surface area contributed by atoms with Crippen LogP contribution in [0, 0.1) is 5.82 Å². The Kier molecular flexibility index (Phi) is 6.29. The first kappa shape index (κ1) is 17.3. The highest BCUT2D eigenvalue weighted by Gasteiger charge is 2.32. The topological polar surface area (TPSA) is 29.3 Å². The number of nitrogens with zero attached hydrogens (tertiary/aromatic N) is 1. The van der Waals surface area contributed by atoms with Gasteiger partial charge in [-0.25, -0.2) is 4.39 Å². The number of halogens is 4. The molecule has 0 aliphatic heterocycles. The number of hydrogen-bond acceptors (Lipinski definition) is 3. The first-order chi connectivity index (χ1) is 9.29. The number of likely N-dealkylation sites (N-methyl/N-ethyl adjacent to an activating group) is 1. The summed E-state index contributed by atoms with van der Waals surface area (Å²) in [5.74, 6) is -0.0689. The van der Waals surface area contributed by atoms with Crippen LogP contribution in [0.2, 0.25) is 0 Å². The molecule has 20 heavy (non-hydrogen) atoms. The van der Waals surface area contributed by atoms with Gasteiger partial charge >= 0.3 is 6.18 Å². The molecule has 0 fully saturated rings. The zero-order valence-corrected chi connectivity index (χ0v) is 12.2. The van der Waals surface area contributed by atoms with E-state index in [1.165, 1.54) is 0 Å². The summed E-state index contributed by atoms with van der Waals surface area (Å²) in [6.45, 7) is 0.798. The number of hydrogen-bond donors (Lipinski definition) is 1. The smallest absolute Gasteiger partial charge is 0.329 e. The monoisotopic (exact) mass is 310 g/mol. The lowest BCUT2D eigenvalue weighted by Crippen LogP contribution is -2.32. The van der Waals surface area contributed by atoms with Crippen molar-refractivity contribution in [2.45, 2.75) is 12.2 Å². The third-order valence-electron chi connectivity index (χ3n) is 3.04. The summed E-state index contributed by atoms with van der Waals surface area (Å²) in [6.07, 6.45) is -2.62. The SMILES string of the molecule is CSCCN(C)C(CN)c1cc(F)cc(C(F)(F)F)c1. The van der Waals surface area contributed by atoms with E-state index in [4.69, 9.17) is 5.73 Å². The van der Waals surface area contributed by atoms with Gasteiger partial charge in [-0.3, -0.25) is 4.90 Å². The van der Waals surface area contributed by atoms with Crippen molar-refractivity contribution in [1.29, 1.82) is 0 Å². The summed E-state index contributed by atoms with van der Waals surface area (Å²) in [5, 5.41) is 0. The predicted molar refractivity (Wildman–Crippen MR) is 74.2 cm³/mol. The van der Waals surface area contributed by atoms with Gasteiger partial charge in [-0.05, 0) is 37.1 Å². The molecule has 0 saturated heterocycles. The second-order valence-corrected chi connectivity index (χ2v) is 5.48. The Labute approximate surface area is 120 Å². The van der Waals surface area contributed by atoms with E-state index in [0.717, 1.165) is 17.9 Å². The molecule has 0 aliphatic carbocycles. The van der Waals surface area contributed by atoms with E-state index in [9.17, 15) is 17.6 Å². The molecule has 0 radical (unpaired) electrons. The van der Waals surface area contributed by atoms with Gasteiger partial charge in [-0.2, -0.15) is 24.9 Å². The van der Waals surface area contributed by atoms with Crippen LogP contribution in [-0.2, 0) is 6.18 Å². The third kappa shape index (κ3) is 4.64. The van der Waals surface area contributed by atoms with Crippen LogP contribution < -0.4 is 5.73 Å². The molecule has 0 bridgehead atoms. The Balaban J connectivity index is 3.06. The maximum atomic E-state index is 13.4. The lowest BCUT2D eigenvalue weighted by Gasteiger charge is -2.27. The number of rotatable bonds is 6. The fourth-order valence-corrected chi connectivity index (χ4v) is 2.40. The fraction of sp³-hybridized carbons (Fsp3) is 0.538. The Hall–Kier alpha value is -0.790. The minimum absolute atomic E-state index is 0.131. The molecule has 1 aromatic rings. The van der Waals surface area contributed by atoms with Crippen LogP contribution in [0.1, 0.15) is 17.2 Å². The molecule has 0 aliphatic rings. The average molecular weight is 310 g/mol. The molecule has 7 heteroatoms. The van der Waals surface area contributed by atoms with E-state index >= 15 is 0 Å². The molecule has 1 rings (SSSR count). The van der Waals surface area contributed by atoms with E-state index < -0.39 is 23.6 Å². The average Bonchev–Trinajstić information content (AvgIpc) is 2.35. The number of nitrogens with two attached hydrogens (primary N) is 1. The number of benzene rings is 1. The first-order valence-electron chi connectivity index (χ1n) is 6.06. The highest BCUT2D eigenvalue weighted by molar-refractivity contribution is 7.98. The van der Waals surface area contributed by atoms with E-state index in [-0.39, 0.29) is 12.1 Å². The second-order valence-electron chi connectivity index (χ2n) is 4.50.